The molecule has 2 heterocycles. The quantitative estimate of drug-likeness (QED) is 0.293. The van der Waals surface area contributed by atoms with Gasteiger partial charge in [0, 0.05) is 22.7 Å². The van der Waals surface area contributed by atoms with E-state index in [9.17, 15) is 14.9 Å². The number of nitrogens with one attached hydrogen (secondary N) is 1. The summed E-state index contributed by atoms with van der Waals surface area (Å²) < 4.78 is 5.00. The van der Waals surface area contributed by atoms with Crippen LogP contribution in [-0.2, 0) is 28.8 Å². The highest BCUT2D eigenvalue weighted by Gasteiger charge is 2.26. The second kappa shape index (κ2) is 12.0. The number of aromatic nitrogens is 1. The number of nitrogens with zero attached hydrogens (tertiary/aromatic N) is 2. The Bertz CT molecular complexity index is 1010. The summed E-state index contributed by atoms with van der Waals surface area (Å²) in [6, 6.07) is 5.89. The zero-order valence-electron chi connectivity index (χ0n) is 18.7. The van der Waals surface area contributed by atoms with E-state index in [1.165, 1.54) is 35.1 Å². The van der Waals surface area contributed by atoms with Crippen LogP contribution in [0.1, 0.15) is 77.5 Å². The van der Waals surface area contributed by atoms with Crippen LogP contribution in [0, 0.1) is 11.3 Å². The van der Waals surface area contributed by atoms with Crippen molar-refractivity contribution in [3.05, 3.63) is 39.4 Å². The first-order valence-corrected chi connectivity index (χ1v) is 12.9. The maximum absolute atomic E-state index is 12.7. The number of thioether (sulfide) groups is 1. The molecule has 0 radical (unpaired) electrons. The van der Waals surface area contributed by atoms with Crippen molar-refractivity contribution in [2.45, 2.75) is 69.7 Å². The van der Waals surface area contributed by atoms with Crippen molar-refractivity contribution in [2.75, 3.05) is 18.2 Å². The molecule has 0 saturated heterocycles. The number of unbranched alkanes of at least 4 members (excludes halogenated alkanes) is 1. The van der Waals surface area contributed by atoms with Crippen molar-refractivity contribution in [1.29, 1.82) is 5.26 Å². The summed E-state index contributed by atoms with van der Waals surface area (Å²) in [5.41, 5.74) is 3.06. The number of thiophene rings is 1. The molecule has 0 unspecified atom stereocenters. The van der Waals surface area contributed by atoms with Crippen molar-refractivity contribution >= 4 is 40.0 Å². The van der Waals surface area contributed by atoms with E-state index in [1.54, 1.807) is 0 Å². The van der Waals surface area contributed by atoms with Crippen molar-refractivity contribution in [2.24, 2.45) is 0 Å². The number of amides is 1. The standard InChI is InChI=1S/C24H29N3O3S2/c1-3-4-8-17-12-11-16(15-25)22(26-17)31-14-13-20(28)27-23-21(24(29)30-2)18-9-6-5-7-10-19(18)32-23/h11-12H,3-10,13-14H2,1-2H3,(H,27,28). The van der Waals surface area contributed by atoms with Crippen LogP contribution in [0.4, 0.5) is 5.00 Å². The molecule has 8 heteroatoms. The number of ether oxygens (including phenoxy) is 1. The number of methoxy groups -OCH3 is 1. The molecule has 32 heavy (non-hydrogen) atoms. The van der Waals surface area contributed by atoms with Gasteiger partial charge in [0.15, 0.2) is 0 Å². The monoisotopic (exact) mass is 471 g/mol. The van der Waals surface area contributed by atoms with E-state index in [0.29, 0.717) is 26.9 Å². The third kappa shape index (κ3) is 6.11. The summed E-state index contributed by atoms with van der Waals surface area (Å²) in [5, 5.41) is 13.6. The van der Waals surface area contributed by atoms with Crippen LogP contribution >= 0.6 is 23.1 Å². The highest BCUT2D eigenvalue weighted by Crippen LogP contribution is 2.38. The molecule has 2 aromatic rings. The number of carbonyl (C=O) groups excluding carboxylic acids is 2. The predicted octanol–water partition coefficient (Wildman–Crippen LogP) is 5.53. The number of pyridine rings is 1. The van der Waals surface area contributed by atoms with E-state index in [-0.39, 0.29) is 18.3 Å². The molecule has 0 aliphatic heterocycles. The molecule has 0 aromatic carbocycles. The number of anilines is 1. The number of fused-ring (bicyclic) bond motifs is 1. The molecular formula is C24H29N3O3S2. The first-order chi connectivity index (χ1) is 15.6. The third-order valence-electron chi connectivity index (χ3n) is 5.46. The molecule has 0 saturated carbocycles. The van der Waals surface area contributed by atoms with Crippen LogP contribution in [0.25, 0.3) is 0 Å². The van der Waals surface area contributed by atoms with E-state index in [0.717, 1.165) is 62.6 Å². The van der Waals surface area contributed by atoms with Crippen LogP contribution in [-0.4, -0.2) is 29.7 Å². The lowest BCUT2D eigenvalue weighted by molar-refractivity contribution is -0.115. The van der Waals surface area contributed by atoms with Gasteiger partial charge in [0.05, 0.1) is 18.2 Å². The molecule has 6 nitrogen and oxygen atoms in total. The van der Waals surface area contributed by atoms with Gasteiger partial charge in [-0.15, -0.1) is 23.1 Å². The summed E-state index contributed by atoms with van der Waals surface area (Å²) in [5.74, 6) is -0.0378. The van der Waals surface area contributed by atoms with Gasteiger partial charge >= 0.3 is 5.97 Å². The number of nitriles is 1. The Balaban J connectivity index is 1.65. The Labute approximate surface area is 197 Å². The average Bonchev–Trinajstić information content (AvgIpc) is 2.97. The van der Waals surface area contributed by atoms with E-state index >= 15 is 0 Å². The lowest BCUT2D eigenvalue weighted by Gasteiger charge is -2.08. The topological polar surface area (TPSA) is 92.1 Å². The molecule has 0 spiro atoms. The largest absolute Gasteiger partial charge is 0.465 e. The second-order valence-corrected chi connectivity index (χ2v) is 9.97. The minimum Gasteiger partial charge on any atom is -0.465 e. The number of rotatable bonds is 9. The minimum atomic E-state index is -0.388. The van der Waals surface area contributed by atoms with E-state index in [2.05, 4.69) is 23.3 Å². The van der Waals surface area contributed by atoms with E-state index < -0.39 is 0 Å². The van der Waals surface area contributed by atoms with Gasteiger partial charge in [-0.2, -0.15) is 5.26 Å². The summed E-state index contributed by atoms with van der Waals surface area (Å²) in [4.78, 5) is 30.9. The zero-order chi connectivity index (χ0) is 22.9. The Morgan fingerprint density at radius 1 is 1.28 bits per heavy atom. The summed E-state index contributed by atoms with van der Waals surface area (Å²) in [6.07, 6.45) is 8.37. The molecule has 0 fully saturated rings. The number of carbonyl (C=O) groups is 2. The summed E-state index contributed by atoms with van der Waals surface area (Å²) >= 11 is 2.92. The van der Waals surface area contributed by atoms with Crippen molar-refractivity contribution in [3.8, 4) is 6.07 Å². The van der Waals surface area contributed by atoms with Crippen molar-refractivity contribution < 1.29 is 14.3 Å². The number of esters is 1. The minimum absolute atomic E-state index is 0.153. The lowest BCUT2D eigenvalue weighted by atomic mass is 10.1. The molecule has 0 atom stereocenters. The second-order valence-electron chi connectivity index (χ2n) is 7.78. The summed E-state index contributed by atoms with van der Waals surface area (Å²) in [6.45, 7) is 2.13. The van der Waals surface area contributed by atoms with Gasteiger partial charge < -0.3 is 10.1 Å². The molecule has 0 bridgehead atoms. The Hall–Kier alpha value is -2.37. The third-order valence-corrected chi connectivity index (χ3v) is 7.66. The fourth-order valence-corrected chi connectivity index (χ4v) is 5.97. The highest BCUT2D eigenvalue weighted by molar-refractivity contribution is 7.99. The molecule has 170 valence electrons. The van der Waals surface area contributed by atoms with E-state index in [4.69, 9.17) is 4.74 Å². The maximum Gasteiger partial charge on any atom is 0.341 e. The van der Waals surface area contributed by atoms with Gasteiger partial charge in [-0.25, -0.2) is 9.78 Å². The van der Waals surface area contributed by atoms with Gasteiger partial charge in [-0.3, -0.25) is 4.79 Å². The number of hydrogen-bond acceptors (Lipinski definition) is 7. The van der Waals surface area contributed by atoms with Crippen LogP contribution in [0.2, 0.25) is 0 Å². The average molecular weight is 472 g/mol. The first kappa shape index (κ1) is 24.3. The summed E-state index contributed by atoms with van der Waals surface area (Å²) in [7, 11) is 1.37. The van der Waals surface area contributed by atoms with Crippen molar-refractivity contribution in [1.82, 2.24) is 4.98 Å². The van der Waals surface area contributed by atoms with Crippen LogP contribution in [0.5, 0.6) is 0 Å². The SMILES string of the molecule is CCCCc1ccc(C#N)c(SCCC(=O)Nc2sc3c(c2C(=O)OC)CCCCC3)n1. The maximum atomic E-state index is 12.7. The zero-order valence-corrected chi connectivity index (χ0v) is 20.3. The number of hydrogen-bond donors (Lipinski definition) is 1. The molecule has 1 N–H and O–H groups in total. The molecule has 1 aliphatic rings. The van der Waals surface area contributed by atoms with Gasteiger partial charge in [-0.05, 0) is 56.2 Å². The lowest BCUT2D eigenvalue weighted by Crippen LogP contribution is -2.15. The van der Waals surface area contributed by atoms with Gasteiger partial charge in [-0.1, -0.05) is 19.8 Å². The molecule has 1 amide bonds. The normalized spacial score (nSPS) is 13.0. The fourth-order valence-electron chi connectivity index (χ4n) is 3.75. The van der Waals surface area contributed by atoms with Gasteiger partial charge in [0.1, 0.15) is 16.1 Å². The Morgan fingerprint density at radius 3 is 2.84 bits per heavy atom. The molecule has 2 aromatic heterocycles. The Morgan fingerprint density at radius 2 is 2.09 bits per heavy atom. The van der Waals surface area contributed by atoms with Gasteiger partial charge in [0.2, 0.25) is 5.91 Å². The first-order valence-electron chi connectivity index (χ1n) is 11.1. The number of aryl methyl sites for hydroxylation is 2. The molecule has 3 rings (SSSR count). The smallest absolute Gasteiger partial charge is 0.341 e. The molecular weight excluding hydrogens is 442 g/mol. The van der Waals surface area contributed by atoms with Gasteiger partial charge in [0.25, 0.3) is 0 Å². The Kier molecular flexibility index (Phi) is 9.12. The van der Waals surface area contributed by atoms with Crippen LogP contribution in [0.3, 0.4) is 0 Å². The van der Waals surface area contributed by atoms with E-state index in [1.807, 2.05) is 12.1 Å². The fraction of sp³-hybridized carbons (Fsp3) is 0.500. The molecule has 1 aliphatic carbocycles. The van der Waals surface area contributed by atoms with Crippen LogP contribution < -0.4 is 5.32 Å². The predicted molar refractivity (Wildman–Crippen MR) is 128 cm³/mol. The van der Waals surface area contributed by atoms with Crippen LogP contribution in [0.15, 0.2) is 17.2 Å². The van der Waals surface area contributed by atoms with Crippen molar-refractivity contribution in [3.63, 3.8) is 0 Å². The highest BCUT2D eigenvalue weighted by atomic mass is 32.2.